The van der Waals surface area contributed by atoms with E-state index in [9.17, 15) is 14.7 Å². The van der Waals surface area contributed by atoms with E-state index in [2.05, 4.69) is 25.9 Å². The van der Waals surface area contributed by atoms with E-state index in [4.69, 9.17) is 0 Å². The number of hydrogen-bond acceptors (Lipinski definition) is 6. The Morgan fingerprint density at radius 1 is 1.37 bits per heavy atom. The van der Waals surface area contributed by atoms with Gasteiger partial charge in [-0.15, -0.1) is 10.2 Å². The highest BCUT2D eigenvalue weighted by molar-refractivity contribution is 5.80. The molecule has 146 valence electrons. The fourth-order valence-corrected chi connectivity index (χ4v) is 3.36. The Kier molecular flexibility index (Phi) is 6.17. The van der Waals surface area contributed by atoms with Gasteiger partial charge in [-0.2, -0.15) is 5.10 Å². The third kappa shape index (κ3) is 4.91. The van der Waals surface area contributed by atoms with Crippen LogP contribution in [-0.2, 0) is 29.1 Å². The molecule has 0 saturated heterocycles. The Bertz CT molecular complexity index is 758. The Morgan fingerprint density at radius 3 is 2.96 bits per heavy atom. The molecule has 1 fully saturated rings. The molecule has 2 aromatic rings. The first kappa shape index (κ1) is 19.0. The summed E-state index contributed by atoms with van der Waals surface area (Å²) in [5, 5.41) is 27.7. The molecule has 1 aliphatic carbocycles. The number of aromatic nitrogens is 5. The molecule has 1 saturated carbocycles. The number of amides is 2. The molecule has 1 aliphatic rings. The van der Waals surface area contributed by atoms with Gasteiger partial charge in [0.1, 0.15) is 18.7 Å². The van der Waals surface area contributed by atoms with Crippen molar-refractivity contribution in [2.75, 3.05) is 6.54 Å². The zero-order valence-corrected chi connectivity index (χ0v) is 15.3. The van der Waals surface area contributed by atoms with Gasteiger partial charge in [0, 0.05) is 37.8 Å². The molecule has 2 amide bonds. The molecule has 10 heteroatoms. The van der Waals surface area contributed by atoms with E-state index in [0.29, 0.717) is 25.8 Å². The third-order valence-electron chi connectivity index (χ3n) is 4.80. The molecule has 0 aromatic carbocycles. The van der Waals surface area contributed by atoms with Crippen LogP contribution < -0.4 is 10.6 Å². The van der Waals surface area contributed by atoms with Crippen molar-refractivity contribution in [3.8, 4) is 0 Å². The molecule has 2 aromatic heterocycles. The van der Waals surface area contributed by atoms with Crippen LogP contribution in [0.3, 0.4) is 0 Å². The summed E-state index contributed by atoms with van der Waals surface area (Å²) in [5.74, 6) is 0.162. The zero-order valence-electron chi connectivity index (χ0n) is 15.3. The van der Waals surface area contributed by atoms with Gasteiger partial charge in [0.2, 0.25) is 11.8 Å². The first-order valence-electron chi connectivity index (χ1n) is 9.16. The van der Waals surface area contributed by atoms with Crippen molar-refractivity contribution in [1.82, 2.24) is 35.2 Å². The van der Waals surface area contributed by atoms with Crippen LogP contribution >= 0.6 is 0 Å². The number of aliphatic hydroxyl groups is 1. The molecule has 3 atom stereocenters. The van der Waals surface area contributed by atoms with E-state index in [-0.39, 0.29) is 24.3 Å². The molecular weight excluding hydrogens is 350 g/mol. The second kappa shape index (κ2) is 8.76. The highest BCUT2D eigenvalue weighted by Crippen LogP contribution is 2.26. The summed E-state index contributed by atoms with van der Waals surface area (Å²) in [4.78, 5) is 24.4. The van der Waals surface area contributed by atoms with Crippen LogP contribution in [0.25, 0.3) is 0 Å². The van der Waals surface area contributed by atoms with Crippen LogP contribution in [0.1, 0.15) is 25.6 Å². The summed E-state index contributed by atoms with van der Waals surface area (Å²) in [6.07, 6.45) is 5.58. The lowest BCUT2D eigenvalue weighted by Gasteiger charge is -2.16. The predicted molar refractivity (Wildman–Crippen MR) is 95.3 cm³/mol. The van der Waals surface area contributed by atoms with E-state index >= 15 is 0 Å². The van der Waals surface area contributed by atoms with Gasteiger partial charge in [-0.1, -0.05) is 0 Å². The summed E-state index contributed by atoms with van der Waals surface area (Å²) in [5.41, 5.74) is 0. The molecule has 2 heterocycles. The Balaban J connectivity index is 1.42. The van der Waals surface area contributed by atoms with Crippen LogP contribution in [0.15, 0.2) is 24.8 Å². The Labute approximate surface area is 157 Å². The summed E-state index contributed by atoms with van der Waals surface area (Å²) in [7, 11) is 0. The maximum absolute atomic E-state index is 12.4. The fourth-order valence-electron chi connectivity index (χ4n) is 3.36. The van der Waals surface area contributed by atoms with Crippen molar-refractivity contribution in [2.24, 2.45) is 5.92 Å². The Morgan fingerprint density at radius 2 is 2.22 bits per heavy atom. The largest absolute Gasteiger partial charge is 0.391 e. The van der Waals surface area contributed by atoms with Gasteiger partial charge in [0.05, 0.1) is 12.1 Å². The van der Waals surface area contributed by atoms with Gasteiger partial charge in [-0.05, 0) is 25.8 Å². The number of nitrogens with one attached hydrogen (secondary N) is 2. The maximum Gasteiger partial charge on any atom is 0.242 e. The van der Waals surface area contributed by atoms with Crippen LogP contribution in [0.4, 0.5) is 0 Å². The number of carbonyl (C=O) groups is 2. The highest BCUT2D eigenvalue weighted by atomic mass is 16.3. The van der Waals surface area contributed by atoms with E-state index < -0.39 is 12.1 Å². The standard InChI is InChI=1S/C17H25N7O3/c1-2-23-11-19-22-15(23)4-6-18-17(27)12-8-13(14(25)9-12)21-16(26)10-24-7-3-5-20-24/h3,5,7,11-14,25H,2,4,6,8-10H2,1H3,(H,18,27)(H,21,26)/t12-,13-,14-/m0/s1. The molecule has 10 nitrogen and oxygen atoms in total. The van der Waals surface area contributed by atoms with Gasteiger partial charge in [-0.25, -0.2) is 0 Å². The lowest BCUT2D eigenvalue weighted by molar-refractivity contribution is -0.125. The highest BCUT2D eigenvalue weighted by Gasteiger charge is 2.37. The third-order valence-corrected chi connectivity index (χ3v) is 4.80. The molecule has 0 aliphatic heterocycles. The van der Waals surface area contributed by atoms with Crippen molar-refractivity contribution < 1.29 is 14.7 Å². The minimum absolute atomic E-state index is 0.0885. The van der Waals surface area contributed by atoms with Crippen molar-refractivity contribution in [3.05, 3.63) is 30.6 Å². The molecule has 0 radical (unpaired) electrons. The van der Waals surface area contributed by atoms with Gasteiger partial charge in [0.25, 0.3) is 0 Å². The van der Waals surface area contributed by atoms with E-state index in [1.54, 1.807) is 24.8 Å². The van der Waals surface area contributed by atoms with Crippen molar-refractivity contribution in [3.63, 3.8) is 0 Å². The number of rotatable bonds is 8. The minimum Gasteiger partial charge on any atom is -0.391 e. The summed E-state index contributed by atoms with van der Waals surface area (Å²) in [6.45, 7) is 3.34. The maximum atomic E-state index is 12.4. The number of hydrogen-bond donors (Lipinski definition) is 3. The zero-order chi connectivity index (χ0) is 19.2. The van der Waals surface area contributed by atoms with Crippen LogP contribution in [-0.4, -0.2) is 60.2 Å². The quantitative estimate of drug-likeness (QED) is 0.549. The SMILES string of the molecule is CCn1cnnc1CCNC(=O)[C@H]1C[C@H](NC(=O)Cn2cccn2)[C@@H](O)C1. The average molecular weight is 375 g/mol. The first-order chi connectivity index (χ1) is 13.1. The van der Waals surface area contributed by atoms with Gasteiger partial charge < -0.3 is 20.3 Å². The average Bonchev–Trinajstić information content (AvgIpc) is 3.37. The number of nitrogens with zero attached hydrogens (tertiary/aromatic N) is 5. The van der Waals surface area contributed by atoms with Crippen LogP contribution in [0, 0.1) is 5.92 Å². The number of aryl methyl sites for hydroxylation is 1. The molecule has 0 unspecified atom stereocenters. The number of carbonyl (C=O) groups excluding carboxylic acids is 2. The first-order valence-corrected chi connectivity index (χ1v) is 9.16. The number of aliphatic hydroxyl groups excluding tert-OH is 1. The Hall–Kier alpha value is -2.75. The summed E-state index contributed by atoms with van der Waals surface area (Å²) in [6, 6.07) is 1.31. The topological polar surface area (TPSA) is 127 Å². The van der Waals surface area contributed by atoms with Crippen LogP contribution in [0.5, 0.6) is 0 Å². The monoisotopic (exact) mass is 375 g/mol. The second-order valence-electron chi connectivity index (χ2n) is 6.69. The lowest BCUT2D eigenvalue weighted by atomic mass is 10.1. The molecule has 0 bridgehead atoms. The van der Waals surface area contributed by atoms with Gasteiger partial charge in [-0.3, -0.25) is 14.3 Å². The fraction of sp³-hybridized carbons (Fsp3) is 0.588. The van der Waals surface area contributed by atoms with Crippen molar-refractivity contribution in [1.29, 1.82) is 0 Å². The van der Waals surface area contributed by atoms with Gasteiger partial charge >= 0.3 is 0 Å². The second-order valence-corrected chi connectivity index (χ2v) is 6.69. The van der Waals surface area contributed by atoms with Crippen molar-refractivity contribution in [2.45, 2.75) is 51.4 Å². The molecule has 27 heavy (non-hydrogen) atoms. The molecule has 0 spiro atoms. The van der Waals surface area contributed by atoms with E-state index in [1.807, 2.05) is 11.5 Å². The summed E-state index contributed by atoms with van der Waals surface area (Å²) < 4.78 is 3.44. The lowest BCUT2D eigenvalue weighted by Crippen LogP contribution is -2.41. The minimum atomic E-state index is -0.731. The predicted octanol–water partition coefficient (Wildman–Crippen LogP) is -0.891. The normalized spacial score (nSPS) is 21.9. The van der Waals surface area contributed by atoms with Crippen LogP contribution in [0.2, 0.25) is 0 Å². The van der Waals surface area contributed by atoms with Gasteiger partial charge in [0.15, 0.2) is 0 Å². The molecular formula is C17H25N7O3. The van der Waals surface area contributed by atoms with E-state index in [1.165, 1.54) is 4.68 Å². The smallest absolute Gasteiger partial charge is 0.242 e. The molecule has 3 N–H and O–H groups in total. The van der Waals surface area contributed by atoms with Crippen molar-refractivity contribution >= 4 is 11.8 Å². The van der Waals surface area contributed by atoms with E-state index in [0.717, 1.165) is 12.4 Å². The molecule has 3 rings (SSSR count). The summed E-state index contributed by atoms with van der Waals surface area (Å²) >= 11 is 0.